The molecule has 1 heterocycles. The average molecular weight is 233 g/mol. The maximum absolute atomic E-state index is 11.3. The lowest BCUT2D eigenvalue weighted by Gasteiger charge is -2.03. The normalized spacial score (nSPS) is 10.7. The van der Waals surface area contributed by atoms with Crippen LogP contribution in [0.1, 0.15) is 29.5 Å². The van der Waals surface area contributed by atoms with Crippen LogP contribution in [0.3, 0.4) is 0 Å². The second-order valence-corrected chi connectivity index (χ2v) is 3.86. The number of ether oxygens (including phenoxy) is 1. The monoisotopic (exact) mass is 233 g/mol. The van der Waals surface area contributed by atoms with Gasteiger partial charge in [0.1, 0.15) is 5.52 Å². The smallest absolute Gasteiger partial charge is 0.374 e. The molecule has 0 aliphatic carbocycles. The van der Waals surface area contributed by atoms with Crippen LogP contribution in [0.5, 0.6) is 0 Å². The first-order valence-electron chi connectivity index (χ1n) is 5.52. The van der Waals surface area contributed by atoms with Crippen molar-refractivity contribution in [2.24, 2.45) is 0 Å². The number of nitrogens with one attached hydrogen (secondary N) is 1. The second-order valence-electron chi connectivity index (χ2n) is 3.86. The molecule has 3 N–H and O–H groups in total. The van der Waals surface area contributed by atoms with Gasteiger partial charge in [0.2, 0.25) is 5.82 Å². The molecule has 0 saturated carbocycles. The number of carbonyl (C=O) groups excluding carboxylic acids is 1. The average Bonchev–Trinajstić information content (AvgIpc) is 2.77. The summed E-state index contributed by atoms with van der Waals surface area (Å²) >= 11 is 0. The van der Waals surface area contributed by atoms with Gasteiger partial charge in [0.15, 0.2) is 0 Å². The van der Waals surface area contributed by atoms with Crippen molar-refractivity contribution >= 4 is 22.7 Å². The zero-order valence-electron chi connectivity index (χ0n) is 9.91. The number of rotatable bonds is 3. The van der Waals surface area contributed by atoms with Gasteiger partial charge in [-0.2, -0.15) is 0 Å². The van der Waals surface area contributed by atoms with Gasteiger partial charge in [-0.25, -0.2) is 9.78 Å². The number of nitrogens with zero attached hydrogens (tertiary/aromatic N) is 1. The van der Waals surface area contributed by atoms with Gasteiger partial charge in [-0.05, 0) is 18.1 Å². The number of hydrogen-bond donors (Lipinski definition) is 2. The van der Waals surface area contributed by atoms with Crippen molar-refractivity contribution in [3.63, 3.8) is 0 Å². The molecule has 90 valence electrons. The van der Waals surface area contributed by atoms with Gasteiger partial charge < -0.3 is 15.5 Å². The van der Waals surface area contributed by atoms with E-state index in [2.05, 4.69) is 21.6 Å². The first kappa shape index (κ1) is 11.4. The largest absolute Gasteiger partial charge is 0.463 e. The van der Waals surface area contributed by atoms with E-state index >= 15 is 0 Å². The van der Waals surface area contributed by atoms with Crippen molar-refractivity contribution in [2.45, 2.75) is 19.8 Å². The molecule has 0 radical (unpaired) electrons. The molecule has 1 aromatic heterocycles. The van der Waals surface area contributed by atoms with Crippen LogP contribution in [-0.4, -0.2) is 23.0 Å². The Bertz CT molecular complexity index is 560. The highest BCUT2D eigenvalue weighted by molar-refractivity contribution is 5.95. The molecule has 0 spiro atoms. The molecule has 0 amide bonds. The minimum absolute atomic E-state index is 0.183. The lowest BCUT2D eigenvalue weighted by Crippen LogP contribution is -2.03. The molecule has 0 atom stereocenters. The van der Waals surface area contributed by atoms with Gasteiger partial charge in [0, 0.05) is 0 Å². The summed E-state index contributed by atoms with van der Waals surface area (Å²) < 4.78 is 4.61. The van der Waals surface area contributed by atoms with E-state index in [0.29, 0.717) is 11.2 Å². The third kappa shape index (κ3) is 1.95. The number of aromatic nitrogens is 2. The van der Waals surface area contributed by atoms with Crippen LogP contribution in [0.2, 0.25) is 0 Å². The van der Waals surface area contributed by atoms with Crippen LogP contribution in [0.15, 0.2) is 12.1 Å². The van der Waals surface area contributed by atoms with Crippen LogP contribution >= 0.6 is 0 Å². The predicted molar refractivity (Wildman–Crippen MR) is 65.8 cm³/mol. The van der Waals surface area contributed by atoms with Gasteiger partial charge in [-0.1, -0.05) is 19.4 Å². The van der Waals surface area contributed by atoms with E-state index in [1.165, 1.54) is 7.11 Å². The quantitative estimate of drug-likeness (QED) is 0.626. The predicted octanol–water partition coefficient (Wildman–Crippen LogP) is 1.88. The number of methoxy groups -OCH3 is 1. The maximum atomic E-state index is 11.3. The summed E-state index contributed by atoms with van der Waals surface area (Å²) in [6.45, 7) is 2.09. The molecular formula is C12H15N3O2. The number of H-pyrrole nitrogens is 1. The highest BCUT2D eigenvalue weighted by Crippen LogP contribution is 2.24. The highest BCUT2D eigenvalue weighted by atomic mass is 16.5. The topological polar surface area (TPSA) is 81.0 Å². The number of esters is 1. The Labute approximate surface area is 99.0 Å². The minimum Gasteiger partial charge on any atom is -0.463 e. The second kappa shape index (κ2) is 4.45. The number of imidazole rings is 1. The Hall–Kier alpha value is -2.04. The summed E-state index contributed by atoms with van der Waals surface area (Å²) in [6, 6.07) is 3.84. The standard InChI is InChI=1S/C12H15N3O2/c1-3-4-7-5-6-8-10(9(7)13)15-11(14-8)12(16)17-2/h5-6H,3-4,13H2,1-2H3,(H,14,15). The molecule has 2 aromatic rings. The van der Waals surface area contributed by atoms with Gasteiger partial charge >= 0.3 is 5.97 Å². The van der Waals surface area contributed by atoms with E-state index in [0.717, 1.165) is 23.9 Å². The lowest BCUT2D eigenvalue weighted by atomic mass is 10.1. The molecule has 1 aromatic carbocycles. The molecule has 0 bridgehead atoms. The van der Waals surface area contributed by atoms with E-state index in [9.17, 15) is 4.79 Å². The van der Waals surface area contributed by atoms with E-state index in [4.69, 9.17) is 5.73 Å². The van der Waals surface area contributed by atoms with Crippen LogP contribution in [0, 0.1) is 0 Å². The van der Waals surface area contributed by atoms with Gasteiger partial charge in [0.05, 0.1) is 18.3 Å². The Morgan fingerprint density at radius 1 is 1.53 bits per heavy atom. The number of fused-ring (bicyclic) bond motifs is 1. The molecule has 0 aliphatic rings. The molecule has 0 aliphatic heterocycles. The summed E-state index contributed by atoms with van der Waals surface area (Å²) in [4.78, 5) is 18.4. The van der Waals surface area contributed by atoms with Crippen LogP contribution in [-0.2, 0) is 11.2 Å². The van der Waals surface area contributed by atoms with Crippen molar-refractivity contribution in [3.05, 3.63) is 23.5 Å². The number of carbonyl (C=O) groups is 1. The van der Waals surface area contributed by atoms with Crippen LogP contribution in [0.25, 0.3) is 11.0 Å². The number of hydrogen-bond acceptors (Lipinski definition) is 4. The summed E-state index contributed by atoms with van der Waals surface area (Å²) in [6.07, 6.45) is 1.92. The lowest BCUT2D eigenvalue weighted by molar-refractivity contribution is 0.0588. The first-order valence-corrected chi connectivity index (χ1v) is 5.52. The SMILES string of the molecule is CCCc1ccc2[nH]c(C(=O)OC)nc2c1N. The van der Waals surface area contributed by atoms with Crippen molar-refractivity contribution in [2.75, 3.05) is 12.8 Å². The summed E-state index contributed by atoms with van der Waals surface area (Å²) in [7, 11) is 1.32. The Morgan fingerprint density at radius 3 is 2.94 bits per heavy atom. The zero-order chi connectivity index (χ0) is 12.4. The first-order chi connectivity index (χ1) is 8.17. The van der Waals surface area contributed by atoms with Crippen LogP contribution < -0.4 is 5.73 Å². The molecule has 0 fully saturated rings. The number of nitrogen functional groups attached to an aromatic ring is 1. The maximum Gasteiger partial charge on any atom is 0.374 e. The highest BCUT2D eigenvalue weighted by Gasteiger charge is 2.14. The molecule has 5 nitrogen and oxygen atoms in total. The zero-order valence-corrected chi connectivity index (χ0v) is 9.91. The van der Waals surface area contributed by atoms with E-state index in [1.54, 1.807) is 0 Å². The number of aromatic amines is 1. The van der Waals surface area contributed by atoms with E-state index in [1.807, 2.05) is 12.1 Å². The fraction of sp³-hybridized carbons (Fsp3) is 0.333. The number of aryl methyl sites for hydroxylation is 1. The van der Waals surface area contributed by atoms with Gasteiger partial charge in [0.25, 0.3) is 0 Å². The minimum atomic E-state index is -0.488. The molecule has 17 heavy (non-hydrogen) atoms. The van der Waals surface area contributed by atoms with Crippen molar-refractivity contribution in [1.82, 2.24) is 9.97 Å². The fourth-order valence-corrected chi connectivity index (χ4v) is 1.82. The summed E-state index contributed by atoms with van der Waals surface area (Å²) in [5.74, 6) is -0.305. The molecular weight excluding hydrogens is 218 g/mol. The van der Waals surface area contributed by atoms with Crippen molar-refractivity contribution in [1.29, 1.82) is 0 Å². The summed E-state index contributed by atoms with van der Waals surface area (Å²) in [5.41, 5.74) is 9.11. The van der Waals surface area contributed by atoms with Gasteiger partial charge in [-0.3, -0.25) is 0 Å². The Morgan fingerprint density at radius 2 is 2.29 bits per heavy atom. The third-order valence-corrected chi connectivity index (χ3v) is 2.68. The van der Waals surface area contributed by atoms with Crippen molar-refractivity contribution in [3.8, 4) is 0 Å². The van der Waals surface area contributed by atoms with Crippen LogP contribution in [0.4, 0.5) is 5.69 Å². The third-order valence-electron chi connectivity index (χ3n) is 2.68. The number of benzene rings is 1. The Kier molecular flexibility index (Phi) is 2.99. The molecule has 0 unspecified atom stereocenters. The molecule has 5 heteroatoms. The Balaban J connectivity index is 2.53. The van der Waals surface area contributed by atoms with Crippen molar-refractivity contribution < 1.29 is 9.53 Å². The van der Waals surface area contributed by atoms with E-state index in [-0.39, 0.29) is 5.82 Å². The molecule has 2 rings (SSSR count). The summed E-state index contributed by atoms with van der Waals surface area (Å²) in [5, 5.41) is 0. The fourth-order valence-electron chi connectivity index (χ4n) is 1.82. The number of nitrogens with two attached hydrogens (primary N) is 1. The van der Waals surface area contributed by atoms with Gasteiger partial charge in [-0.15, -0.1) is 0 Å². The number of anilines is 1. The van der Waals surface area contributed by atoms with E-state index < -0.39 is 5.97 Å². The molecule has 0 saturated heterocycles.